The van der Waals surface area contributed by atoms with E-state index in [4.69, 9.17) is 5.11 Å². The van der Waals surface area contributed by atoms with Crippen molar-refractivity contribution in [1.29, 1.82) is 0 Å². The number of hydrogen-bond donors (Lipinski definition) is 1. The van der Waals surface area contributed by atoms with Crippen molar-refractivity contribution in [2.45, 2.75) is 34.1 Å². The molecule has 8 heteroatoms. The van der Waals surface area contributed by atoms with Crippen LogP contribution >= 0.6 is 0 Å². The standard InChI is InChI=1S/C21H19F2N2.C6H5NO2.Ir/c1-5-15-10-24-21(25-11-15)16-6-7-17(22)19(20(16)23)18-13(3)8-12(2)9-14(18)4;8-6(9)5-3-1-2-4-7-5;/h7-11H,5H2,1-4H3;1-4H,(H,8,9);/q-1;;. The van der Waals surface area contributed by atoms with Crippen molar-refractivity contribution in [3.63, 3.8) is 0 Å². The summed E-state index contributed by atoms with van der Waals surface area (Å²) < 4.78 is 29.7. The Morgan fingerprint density at radius 1 is 1.00 bits per heavy atom. The van der Waals surface area contributed by atoms with E-state index >= 15 is 4.39 Å². The number of pyridine rings is 1. The van der Waals surface area contributed by atoms with Crippen LogP contribution in [0.3, 0.4) is 0 Å². The number of aryl methyl sites for hydroxylation is 4. The summed E-state index contributed by atoms with van der Waals surface area (Å²) in [5.41, 5.74) is 4.35. The van der Waals surface area contributed by atoms with E-state index in [-0.39, 0.29) is 42.8 Å². The Morgan fingerprint density at radius 3 is 2.11 bits per heavy atom. The van der Waals surface area contributed by atoms with E-state index < -0.39 is 17.6 Å². The van der Waals surface area contributed by atoms with Crippen molar-refractivity contribution in [3.05, 3.63) is 101 Å². The topological polar surface area (TPSA) is 76.0 Å². The first-order chi connectivity index (χ1) is 16.2. The minimum Gasteiger partial charge on any atom is -0.477 e. The summed E-state index contributed by atoms with van der Waals surface area (Å²) >= 11 is 0. The van der Waals surface area contributed by atoms with E-state index in [0.29, 0.717) is 5.56 Å². The molecule has 0 atom stereocenters. The Labute approximate surface area is 216 Å². The van der Waals surface area contributed by atoms with E-state index in [9.17, 15) is 9.18 Å². The molecule has 0 aliphatic heterocycles. The molecular weight excluding hydrogens is 629 g/mol. The van der Waals surface area contributed by atoms with E-state index in [2.05, 4.69) is 21.0 Å². The predicted molar refractivity (Wildman–Crippen MR) is 126 cm³/mol. The normalized spacial score (nSPS) is 10.1. The molecule has 0 unspecified atom stereocenters. The quantitative estimate of drug-likeness (QED) is 0.268. The monoisotopic (exact) mass is 653 g/mol. The molecule has 4 rings (SSSR count). The van der Waals surface area contributed by atoms with Crippen LogP contribution in [-0.4, -0.2) is 26.0 Å². The molecule has 0 aliphatic rings. The second-order valence-electron chi connectivity index (χ2n) is 7.76. The Kier molecular flexibility index (Phi) is 9.87. The van der Waals surface area contributed by atoms with E-state index in [0.717, 1.165) is 34.7 Å². The second kappa shape index (κ2) is 12.4. The zero-order valence-electron chi connectivity index (χ0n) is 19.7. The number of nitrogens with zero attached hydrogens (tertiary/aromatic N) is 3. The number of hydrogen-bond acceptors (Lipinski definition) is 4. The van der Waals surface area contributed by atoms with Gasteiger partial charge in [0.1, 0.15) is 5.69 Å². The molecule has 2 aromatic carbocycles. The van der Waals surface area contributed by atoms with Gasteiger partial charge in [-0.05, 0) is 67.1 Å². The molecule has 1 radical (unpaired) electrons. The summed E-state index contributed by atoms with van der Waals surface area (Å²) in [7, 11) is 0. The Morgan fingerprint density at radius 2 is 1.63 bits per heavy atom. The summed E-state index contributed by atoms with van der Waals surface area (Å²) in [6.07, 6.45) is 5.55. The second-order valence-corrected chi connectivity index (χ2v) is 7.76. The van der Waals surface area contributed by atoms with Gasteiger partial charge in [-0.2, -0.15) is 0 Å². The molecular formula is C27H24F2IrN3O2-. The maximum atomic E-state index is 15.2. The SMILES string of the molecule is CCc1cnc(-c2[c-]cc(F)c(-c3c(C)cc(C)cc3C)c2F)nc1.O=C(O)c1ccccn1.[Ir]. The van der Waals surface area contributed by atoms with Gasteiger partial charge in [-0.3, -0.25) is 18.7 Å². The number of carboxylic acid groups (broad SMARTS) is 1. The predicted octanol–water partition coefficient (Wildman–Crippen LogP) is 6.15. The van der Waals surface area contributed by atoms with Crippen LogP contribution in [0.4, 0.5) is 8.78 Å². The smallest absolute Gasteiger partial charge is 0.354 e. The average Bonchev–Trinajstić information content (AvgIpc) is 2.82. The largest absolute Gasteiger partial charge is 0.477 e. The molecule has 5 nitrogen and oxygen atoms in total. The molecule has 2 aromatic heterocycles. The van der Waals surface area contributed by atoms with Crippen LogP contribution in [-0.2, 0) is 26.5 Å². The van der Waals surface area contributed by atoms with Crippen LogP contribution < -0.4 is 0 Å². The van der Waals surface area contributed by atoms with Crippen molar-refractivity contribution in [3.8, 4) is 22.5 Å². The zero-order chi connectivity index (χ0) is 24.8. The fourth-order valence-corrected chi connectivity index (χ4v) is 3.62. The molecule has 0 amide bonds. The Balaban J connectivity index is 0.000000366. The fourth-order valence-electron chi connectivity index (χ4n) is 3.62. The maximum Gasteiger partial charge on any atom is 0.354 e. The van der Waals surface area contributed by atoms with Crippen LogP contribution in [0.1, 0.15) is 39.7 Å². The Bertz CT molecular complexity index is 1290. The van der Waals surface area contributed by atoms with Crippen LogP contribution in [0, 0.1) is 38.5 Å². The molecule has 0 spiro atoms. The van der Waals surface area contributed by atoms with Gasteiger partial charge in [0.05, 0.1) is 11.6 Å². The molecule has 0 bridgehead atoms. The minimum absolute atomic E-state index is 0. The number of aromatic nitrogens is 3. The van der Waals surface area contributed by atoms with Crippen LogP contribution in [0.2, 0.25) is 0 Å². The summed E-state index contributed by atoms with van der Waals surface area (Å²) in [6, 6.07) is 12.4. The Hall–Kier alpha value is -3.35. The van der Waals surface area contributed by atoms with Gasteiger partial charge in [0, 0.05) is 44.5 Å². The van der Waals surface area contributed by atoms with Crippen molar-refractivity contribution < 1.29 is 38.8 Å². The minimum atomic E-state index is -0.990. The van der Waals surface area contributed by atoms with Crippen molar-refractivity contribution >= 4 is 5.97 Å². The number of halogens is 2. The number of carboxylic acids is 1. The molecule has 0 saturated carbocycles. The maximum absolute atomic E-state index is 15.2. The van der Waals surface area contributed by atoms with Gasteiger partial charge in [0.25, 0.3) is 0 Å². The molecule has 1 N–H and O–H groups in total. The zero-order valence-corrected chi connectivity index (χ0v) is 22.1. The number of rotatable bonds is 4. The van der Waals surface area contributed by atoms with E-state index in [1.807, 2.05) is 39.8 Å². The molecule has 0 saturated heterocycles. The molecule has 2 heterocycles. The molecule has 0 aliphatic carbocycles. The third-order valence-electron chi connectivity index (χ3n) is 5.17. The first kappa shape index (κ1) is 27.9. The van der Waals surface area contributed by atoms with Gasteiger partial charge in [-0.15, -0.1) is 12.1 Å². The summed E-state index contributed by atoms with van der Waals surface area (Å²) in [6.45, 7) is 7.67. The number of aromatic carboxylic acids is 1. The fraction of sp³-hybridized carbons (Fsp3) is 0.185. The summed E-state index contributed by atoms with van der Waals surface area (Å²) in [5.74, 6) is -2.10. The first-order valence-electron chi connectivity index (χ1n) is 10.7. The third kappa shape index (κ3) is 6.62. The van der Waals surface area contributed by atoms with Gasteiger partial charge >= 0.3 is 5.97 Å². The van der Waals surface area contributed by atoms with Crippen molar-refractivity contribution in [2.75, 3.05) is 0 Å². The van der Waals surface area contributed by atoms with E-state index in [1.165, 1.54) is 12.3 Å². The van der Waals surface area contributed by atoms with Gasteiger partial charge in [-0.25, -0.2) is 9.78 Å². The van der Waals surface area contributed by atoms with Crippen LogP contribution in [0.5, 0.6) is 0 Å². The molecule has 0 fully saturated rings. The van der Waals surface area contributed by atoms with Crippen molar-refractivity contribution in [1.82, 2.24) is 15.0 Å². The summed E-state index contributed by atoms with van der Waals surface area (Å²) in [5, 5.41) is 8.32. The van der Waals surface area contributed by atoms with Crippen LogP contribution in [0.15, 0.2) is 55.0 Å². The molecule has 35 heavy (non-hydrogen) atoms. The summed E-state index contributed by atoms with van der Waals surface area (Å²) in [4.78, 5) is 22.1. The van der Waals surface area contributed by atoms with Gasteiger partial charge in [0.15, 0.2) is 0 Å². The van der Waals surface area contributed by atoms with Gasteiger partial charge < -0.3 is 5.11 Å². The van der Waals surface area contributed by atoms with Crippen molar-refractivity contribution in [2.24, 2.45) is 0 Å². The van der Waals surface area contributed by atoms with Gasteiger partial charge in [-0.1, -0.05) is 36.2 Å². The first-order valence-corrected chi connectivity index (χ1v) is 10.7. The van der Waals surface area contributed by atoms with Gasteiger partial charge in [0.2, 0.25) is 0 Å². The third-order valence-corrected chi connectivity index (χ3v) is 5.17. The molecule has 4 aromatic rings. The average molecular weight is 653 g/mol. The number of carbonyl (C=O) groups is 1. The van der Waals surface area contributed by atoms with E-state index in [1.54, 1.807) is 24.5 Å². The van der Waals surface area contributed by atoms with Crippen LogP contribution in [0.25, 0.3) is 22.5 Å². The number of benzene rings is 2. The molecule has 183 valence electrons.